The molecule has 1 aromatic heterocycles. The lowest BCUT2D eigenvalue weighted by Crippen LogP contribution is -1.97. The number of halogens is 1. The minimum Gasteiger partial charge on any atom is -0.330 e. The normalized spacial score (nSPS) is 10.5. The van der Waals surface area contributed by atoms with Gasteiger partial charge < -0.3 is 4.98 Å². The SMILES string of the molecule is N#Cc1cc(Br)ccc1-n1c(=S)[nH]c2ccccc21. The zero-order chi connectivity index (χ0) is 13.4. The van der Waals surface area contributed by atoms with E-state index in [4.69, 9.17) is 12.2 Å². The van der Waals surface area contributed by atoms with Gasteiger partial charge in [0.25, 0.3) is 0 Å². The summed E-state index contributed by atoms with van der Waals surface area (Å²) in [6.45, 7) is 0. The lowest BCUT2D eigenvalue weighted by Gasteiger charge is -2.07. The van der Waals surface area contributed by atoms with Gasteiger partial charge in [0.1, 0.15) is 6.07 Å². The average molecular weight is 330 g/mol. The summed E-state index contributed by atoms with van der Waals surface area (Å²) in [5.41, 5.74) is 3.29. The molecule has 3 rings (SSSR count). The van der Waals surface area contributed by atoms with Crippen molar-refractivity contribution in [2.75, 3.05) is 0 Å². The maximum Gasteiger partial charge on any atom is 0.182 e. The van der Waals surface area contributed by atoms with Crippen molar-refractivity contribution in [3.05, 3.63) is 57.3 Å². The van der Waals surface area contributed by atoms with Crippen molar-refractivity contribution in [2.45, 2.75) is 0 Å². The first-order valence-electron chi connectivity index (χ1n) is 5.60. The van der Waals surface area contributed by atoms with Crippen molar-refractivity contribution in [3.8, 4) is 11.8 Å². The van der Waals surface area contributed by atoms with Crippen LogP contribution in [-0.4, -0.2) is 9.55 Å². The van der Waals surface area contributed by atoms with Crippen LogP contribution in [0.4, 0.5) is 0 Å². The minimum atomic E-state index is 0.579. The van der Waals surface area contributed by atoms with Crippen LogP contribution in [0, 0.1) is 16.1 Å². The quantitative estimate of drug-likeness (QED) is 0.675. The molecule has 92 valence electrons. The zero-order valence-electron chi connectivity index (χ0n) is 9.72. The fourth-order valence-corrected chi connectivity index (χ4v) is 2.75. The van der Waals surface area contributed by atoms with Gasteiger partial charge >= 0.3 is 0 Å². The molecule has 2 aromatic carbocycles. The first-order valence-corrected chi connectivity index (χ1v) is 6.80. The second-order valence-corrected chi connectivity index (χ2v) is 5.36. The van der Waals surface area contributed by atoms with E-state index in [1.54, 1.807) is 6.07 Å². The molecule has 0 amide bonds. The van der Waals surface area contributed by atoms with E-state index in [2.05, 4.69) is 27.0 Å². The highest BCUT2D eigenvalue weighted by Crippen LogP contribution is 2.24. The van der Waals surface area contributed by atoms with Gasteiger partial charge in [-0.1, -0.05) is 28.1 Å². The topological polar surface area (TPSA) is 44.5 Å². The van der Waals surface area contributed by atoms with Gasteiger partial charge in [-0.05, 0) is 42.5 Å². The van der Waals surface area contributed by atoms with Crippen LogP contribution >= 0.6 is 28.1 Å². The minimum absolute atomic E-state index is 0.579. The maximum absolute atomic E-state index is 9.28. The van der Waals surface area contributed by atoms with Gasteiger partial charge in [0.05, 0.1) is 22.3 Å². The van der Waals surface area contributed by atoms with E-state index in [0.717, 1.165) is 21.2 Å². The van der Waals surface area contributed by atoms with Crippen molar-refractivity contribution in [2.24, 2.45) is 0 Å². The number of hydrogen-bond acceptors (Lipinski definition) is 2. The van der Waals surface area contributed by atoms with Gasteiger partial charge in [0, 0.05) is 4.47 Å². The molecular formula is C14H8BrN3S. The van der Waals surface area contributed by atoms with Crippen LogP contribution in [0.15, 0.2) is 46.9 Å². The Hall–Kier alpha value is -1.90. The van der Waals surface area contributed by atoms with Gasteiger partial charge in [-0.2, -0.15) is 5.26 Å². The van der Waals surface area contributed by atoms with Crippen LogP contribution in [0.5, 0.6) is 0 Å². The Labute approximate surface area is 123 Å². The molecule has 1 heterocycles. The number of fused-ring (bicyclic) bond motifs is 1. The molecule has 0 fully saturated rings. The summed E-state index contributed by atoms with van der Waals surface area (Å²) in [6.07, 6.45) is 0. The standard InChI is InChI=1S/C14H8BrN3S/c15-10-5-6-12(9(7-10)8-16)18-13-4-2-1-3-11(13)17-14(18)19/h1-7H,(H,17,19). The molecule has 1 N–H and O–H groups in total. The van der Waals surface area contributed by atoms with E-state index in [9.17, 15) is 5.26 Å². The number of nitriles is 1. The summed E-state index contributed by atoms with van der Waals surface area (Å²) in [7, 11) is 0. The van der Waals surface area contributed by atoms with Crippen LogP contribution in [0.1, 0.15) is 5.56 Å². The molecule has 0 aliphatic heterocycles. The molecule has 19 heavy (non-hydrogen) atoms. The van der Waals surface area contributed by atoms with E-state index in [-0.39, 0.29) is 0 Å². The molecule has 3 aromatic rings. The Kier molecular flexibility index (Phi) is 2.97. The molecule has 0 radical (unpaired) electrons. The molecule has 0 spiro atoms. The summed E-state index contributed by atoms with van der Waals surface area (Å²) in [6, 6.07) is 15.6. The van der Waals surface area contributed by atoms with E-state index in [1.165, 1.54) is 0 Å². The summed E-state index contributed by atoms with van der Waals surface area (Å²) in [4.78, 5) is 3.15. The molecule has 0 bridgehead atoms. The highest BCUT2D eigenvalue weighted by Gasteiger charge is 2.10. The fourth-order valence-electron chi connectivity index (χ4n) is 2.09. The summed E-state index contributed by atoms with van der Waals surface area (Å²) in [5.74, 6) is 0. The number of nitrogens with zero attached hydrogens (tertiary/aromatic N) is 2. The largest absolute Gasteiger partial charge is 0.330 e. The lowest BCUT2D eigenvalue weighted by molar-refractivity contribution is 1.06. The van der Waals surface area contributed by atoms with Gasteiger partial charge in [0.15, 0.2) is 4.77 Å². The van der Waals surface area contributed by atoms with Crippen LogP contribution in [-0.2, 0) is 0 Å². The van der Waals surface area contributed by atoms with E-state index < -0.39 is 0 Å². The Morgan fingerprint density at radius 1 is 1.21 bits per heavy atom. The first-order chi connectivity index (χ1) is 9.20. The number of rotatable bonds is 1. The predicted octanol–water partition coefficient (Wildman–Crippen LogP) is 4.32. The van der Waals surface area contributed by atoms with E-state index in [1.807, 2.05) is 41.0 Å². The molecule has 5 heteroatoms. The molecule has 0 atom stereocenters. The van der Waals surface area contributed by atoms with Crippen molar-refractivity contribution in [1.29, 1.82) is 5.26 Å². The predicted molar refractivity (Wildman–Crippen MR) is 80.9 cm³/mol. The van der Waals surface area contributed by atoms with Gasteiger partial charge in [0.2, 0.25) is 0 Å². The Balaban J connectivity index is 2.40. The van der Waals surface area contributed by atoms with Crippen LogP contribution in [0.25, 0.3) is 16.7 Å². The van der Waals surface area contributed by atoms with Crippen LogP contribution in [0.2, 0.25) is 0 Å². The molecule has 0 saturated carbocycles. The fraction of sp³-hybridized carbons (Fsp3) is 0. The van der Waals surface area contributed by atoms with Gasteiger partial charge in [-0.3, -0.25) is 4.57 Å². The third-order valence-corrected chi connectivity index (χ3v) is 3.69. The number of nitrogens with one attached hydrogen (secondary N) is 1. The highest BCUT2D eigenvalue weighted by atomic mass is 79.9. The van der Waals surface area contributed by atoms with Crippen molar-refractivity contribution < 1.29 is 0 Å². The number of para-hydroxylation sites is 2. The first kappa shape index (κ1) is 12.2. The second kappa shape index (κ2) is 4.65. The summed E-state index contributed by atoms with van der Waals surface area (Å²) >= 11 is 8.74. The number of benzene rings is 2. The monoisotopic (exact) mass is 329 g/mol. The average Bonchev–Trinajstić information content (AvgIpc) is 2.74. The van der Waals surface area contributed by atoms with Crippen LogP contribution < -0.4 is 0 Å². The molecular weight excluding hydrogens is 322 g/mol. The Bertz CT molecular complexity index is 870. The molecule has 0 unspecified atom stereocenters. The van der Waals surface area contributed by atoms with Gasteiger partial charge in [-0.25, -0.2) is 0 Å². The summed E-state index contributed by atoms with van der Waals surface area (Å²) in [5, 5.41) is 9.28. The number of hydrogen-bond donors (Lipinski definition) is 1. The van der Waals surface area contributed by atoms with Gasteiger partial charge in [-0.15, -0.1) is 0 Å². The number of aromatic nitrogens is 2. The molecule has 0 aliphatic rings. The second-order valence-electron chi connectivity index (χ2n) is 4.06. The molecule has 0 aliphatic carbocycles. The van der Waals surface area contributed by atoms with E-state index in [0.29, 0.717) is 10.3 Å². The number of aromatic amines is 1. The zero-order valence-corrected chi connectivity index (χ0v) is 12.1. The molecule has 3 nitrogen and oxygen atoms in total. The smallest absolute Gasteiger partial charge is 0.182 e. The van der Waals surface area contributed by atoms with Crippen molar-refractivity contribution in [1.82, 2.24) is 9.55 Å². The number of H-pyrrole nitrogens is 1. The molecule has 0 saturated heterocycles. The van der Waals surface area contributed by atoms with Crippen LogP contribution in [0.3, 0.4) is 0 Å². The maximum atomic E-state index is 9.28. The van der Waals surface area contributed by atoms with E-state index >= 15 is 0 Å². The number of imidazole rings is 1. The van der Waals surface area contributed by atoms with Crippen molar-refractivity contribution in [3.63, 3.8) is 0 Å². The highest BCUT2D eigenvalue weighted by molar-refractivity contribution is 9.10. The summed E-state index contributed by atoms with van der Waals surface area (Å²) < 4.78 is 3.34. The Morgan fingerprint density at radius 2 is 2.00 bits per heavy atom. The lowest BCUT2D eigenvalue weighted by atomic mass is 10.2. The third kappa shape index (κ3) is 1.99. The third-order valence-electron chi connectivity index (χ3n) is 2.91. The van der Waals surface area contributed by atoms with Crippen molar-refractivity contribution >= 4 is 39.2 Å². The Morgan fingerprint density at radius 3 is 2.79 bits per heavy atom.